The maximum absolute atomic E-state index is 13.7. The number of phenols is 2. The second-order valence-electron chi connectivity index (χ2n) is 12.6. The molecule has 6 N–H and O–H groups in total. The number of hydroxylamine groups is 2. The van der Waals surface area contributed by atoms with Crippen LogP contribution in [0.15, 0.2) is 22.7 Å². The molecule has 0 radical (unpaired) electrons. The first-order chi connectivity index (χ1) is 24.1. The molecule has 2 aromatic rings. The molecule has 6 heterocycles. The summed E-state index contributed by atoms with van der Waals surface area (Å²) in [6.07, 6.45) is -1.22. The first-order valence-corrected chi connectivity index (χ1v) is 16.3. The number of imide groups is 1. The molecule has 0 aliphatic carbocycles. The second-order valence-corrected chi connectivity index (χ2v) is 13.5. The molecule has 4 fully saturated rings. The molecule has 4 saturated heterocycles. The number of carbonyl (C=O) groups excluding carboxylic acids is 5. The smallest absolute Gasteiger partial charge is 0.372 e. The number of amides is 3. The third-order valence-electron chi connectivity index (χ3n) is 9.43. The van der Waals surface area contributed by atoms with Crippen LogP contribution in [-0.2, 0) is 43.1 Å². The number of nitrogens with zero attached hydrogens (tertiary/aromatic N) is 4. The number of rotatable bonds is 10. The lowest BCUT2D eigenvalue weighted by molar-refractivity contribution is -0.256. The number of carboxylic acid groups (broad SMARTS) is 2. The fourth-order valence-corrected chi connectivity index (χ4v) is 7.45. The van der Waals surface area contributed by atoms with Crippen LogP contribution in [0.1, 0.15) is 64.9 Å². The van der Waals surface area contributed by atoms with Gasteiger partial charge in [-0.1, -0.05) is 5.16 Å². The standard InChI is InChI=1S/C30H27N5O15S/c31-28-32-16(10-51-28)21(33-50-29(26(43)44)6-12-1-2-13(7-29)48-12)20(38)3-11-9-47-35(22(11)39)30(27(45)46)8-17(25(42)49-30)34-23(40)14-4-18(36)19(37)5-15(14)24(34)41/h4-5,10-13,17,36-37H,1-3,6-9H2,(H2,31,32)(H,43,44)(H,45,46)/b33-21-/t11-,12?,13?,17-,29?,30?/m0/s1. The predicted molar refractivity (Wildman–Crippen MR) is 163 cm³/mol. The molecule has 0 spiro atoms. The average Bonchev–Trinajstić information content (AvgIpc) is 3.88. The number of cyclic esters (lactones) is 1. The summed E-state index contributed by atoms with van der Waals surface area (Å²) in [5.74, 6) is -11.6. The van der Waals surface area contributed by atoms with Crippen molar-refractivity contribution in [3.63, 3.8) is 0 Å². The lowest BCUT2D eigenvalue weighted by atomic mass is 9.90. The number of fused-ring (bicyclic) bond motifs is 3. The van der Waals surface area contributed by atoms with Gasteiger partial charge < -0.3 is 40.5 Å². The minimum absolute atomic E-state index is 0.0322. The fraction of sp³-hybridized carbons (Fsp3) is 0.433. The summed E-state index contributed by atoms with van der Waals surface area (Å²) in [7, 11) is 0. The first kappa shape index (κ1) is 33.8. The SMILES string of the molecule is Nc1nc(/C(=N/OC2(C(=O)O)CC3CCC(C2)O3)C(=O)C[C@H]2CON(C3(C(=O)O)C[C@H](N4C(=O)c5cc(O)c(O)cc5C4=O)C(=O)O3)C2=O)cs1. The third kappa shape index (κ3) is 5.40. The van der Waals surface area contributed by atoms with Crippen LogP contribution in [0.3, 0.4) is 0 Å². The molecule has 20 nitrogen and oxygen atoms in total. The van der Waals surface area contributed by atoms with E-state index in [0.29, 0.717) is 17.7 Å². The summed E-state index contributed by atoms with van der Waals surface area (Å²) in [5, 5.41) is 45.5. The molecule has 5 aliphatic rings. The van der Waals surface area contributed by atoms with E-state index in [1.54, 1.807) is 0 Å². The van der Waals surface area contributed by atoms with Crippen molar-refractivity contribution in [3.05, 3.63) is 34.3 Å². The molecule has 0 saturated carbocycles. The topological polar surface area (TPSA) is 295 Å². The van der Waals surface area contributed by atoms with E-state index in [1.165, 1.54) is 5.38 Å². The second kappa shape index (κ2) is 12.0. The molecule has 268 valence electrons. The van der Waals surface area contributed by atoms with E-state index in [-0.39, 0.29) is 52.1 Å². The molecule has 3 unspecified atom stereocenters. The van der Waals surface area contributed by atoms with Gasteiger partial charge in [-0.25, -0.2) is 19.4 Å². The molecule has 1 aromatic heterocycles. The number of hydrogen-bond acceptors (Lipinski definition) is 17. The highest BCUT2D eigenvalue weighted by atomic mass is 32.1. The Morgan fingerprint density at radius 2 is 1.63 bits per heavy atom. The molecule has 21 heteroatoms. The molecule has 2 bridgehead atoms. The van der Waals surface area contributed by atoms with Crippen LogP contribution in [-0.4, -0.2) is 119 Å². The zero-order valence-electron chi connectivity index (χ0n) is 26.0. The van der Waals surface area contributed by atoms with Crippen LogP contribution >= 0.6 is 11.3 Å². The van der Waals surface area contributed by atoms with E-state index in [2.05, 4.69) is 10.1 Å². The summed E-state index contributed by atoms with van der Waals surface area (Å²) in [4.78, 5) is 107. The van der Waals surface area contributed by atoms with Gasteiger partial charge in [0.25, 0.3) is 17.7 Å². The fourth-order valence-electron chi connectivity index (χ4n) is 6.90. The number of Topliss-reactive ketones (excluding diaryl/α,β-unsaturated/α-hetero) is 1. The zero-order chi connectivity index (χ0) is 36.6. The number of hydrogen-bond donors (Lipinski definition) is 5. The summed E-state index contributed by atoms with van der Waals surface area (Å²) >= 11 is 0.951. The number of nitrogens with two attached hydrogens (primary N) is 1. The summed E-state index contributed by atoms with van der Waals surface area (Å²) in [6.45, 7) is -0.583. The van der Waals surface area contributed by atoms with Crippen molar-refractivity contribution in [3.8, 4) is 11.5 Å². The number of benzene rings is 1. The quantitative estimate of drug-likeness (QED) is 0.0693. The number of aliphatic carboxylic acids is 2. The van der Waals surface area contributed by atoms with Crippen molar-refractivity contribution < 1.29 is 73.1 Å². The van der Waals surface area contributed by atoms with Crippen LogP contribution in [0.25, 0.3) is 0 Å². The molecular weight excluding hydrogens is 702 g/mol. The lowest BCUT2D eigenvalue weighted by Gasteiger charge is -2.34. The van der Waals surface area contributed by atoms with Crippen molar-refractivity contribution in [1.29, 1.82) is 0 Å². The van der Waals surface area contributed by atoms with E-state index in [0.717, 1.165) is 23.5 Å². The Labute approximate surface area is 288 Å². The highest BCUT2D eigenvalue weighted by molar-refractivity contribution is 7.13. The summed E-state index contributed by atoms with van der Waals surface area (Å²) in [6, 6.07) is -0.258. The Balaban J connectivity index is 1.11. The van der Waals surface area contributed by atoms with Gasteiger partial charge in [-0.15, -0.1) is 11.3 Å². The highest BCUT2D eigenvalue weighted by Crippen LogP contribution is 2.43. The minimum atomic E-state index is -2.88. The number of esters is 1. The first-order valence-electron chi connectivity index (χ1n) is 15.4. The van der Waals surface area contributed by atoms with Gasteiger partial charge in [0.2, 0.25) is 5.60 Å². The maximum atomic E-state index is 13.7. The highest BCUT2D eigenvalue weighted by Gasteiger charge is 2.65. The van der Waals surface area contributed by atoms with Crippen molar-refractivity contribution >= 4 is 63.6 Å². The van der Waals surface area contributed by atoms with Gasteiger partial charge in [-0.2, -0.15) is 5.06 Å². The number of carboxylic acids is 2. The Bertz CT molecular complexity index is 1910. The summed E-state index contributed by atoms with van der Waals surface area (Å²) in [5.41, 5.74) is -0.203. The largest absolute Gasteiger partial charge is 0.504 e. The van der Waals surface area contributed by atoms with Crippen molar-refractivity contribution in [1.82, 2.24) is 14.9 Å². The van der Waals surface area contributed by atoms with Gasteiger partial charge in [0.15, 0.2) is 28.1 Å². The minimum Gasteiger partial charge on any atom is -0.504 e. The number of anilines is 1. The number of thiazole rings is 1. The Morgan fingerprint density at radius 3 is 2.18 bits per heavy atom. The average molecular weight is 730 g/mol. The Kier molecular flexibility index (Phi) is 7.95. The normalized spacial score (nSPS) is 30.2. The number of nitrogen functional groups attached to an aromatic ring is 1. The number of ether oxygens (including phenoxy) is 2. The number of ketones is 1. The van der Waals surface area contributed by atoms with Crippen molar-refractivity contribution in [2.45, 2.75) is 68.1 Å². The van der Waals surface area contributed by atoms with Gasteiger partial charge in [0.1, 0.15) is 11.7 Å². The Hall–Kier alpha value is -5.67. The van der Waals surface area contributed by atoms with Gasteiger partial charge in [0.05, 0.1) is 42.3 Å². The van der Waals surface area contributed by atoms with Crippen molar-refractivity contribution in [2.75, 3.05) is 12.3 Å². The molecular formula is C30H27N5O15S. The predicted octanol–water partition coefficient (Wildman–Crippen LogP) is -0.236. The van der Waals surface area contributed by atoms with Crippen LogP contribution in [0.2, 0.25) is 0 Å². The molecule has 1 aromatic carbocycles. The van der Waals surface area contributed by atoms with Crippen molar-refractivity contribution in [2.24, 2.45) is 11.1 Å². The molecule has 51 heavy (non-hydrogen) atoms. The van der Waals surface area contributed by atoms with E-state index in [4.69, 9.17) is 24.9 Å². The van der Waals surface area contributed by atoms with Gasteiger partial charge >= 0.3 is 23.6 Å². The van der Waals surface area contributed by atoms with Crippen LogP contribution in [0.5, 0.6) is 11.5 Å². The molecule has 3 amide bonds. The van der Waals surface area contributed by atoms with E-state index in [1.807, 2.05) is 0 Å². The van der Waals surface area contributed by atoms with E-state index >= 15 is 0 Å². The molecule has 5 atom stereocenters. The number of carbonyl (C=O) groups is 7. The lowest BCUT2D eigenvalue weighted by Crippen LogP contribution is -2.56. The van der Waals surface area contributed by atoms with Gasteiger partial charge in [0, 0.05) is 24.6 Å². The number of oxime groups is 1. The number of aromatic hydroxyl groups is 2. The summed E-state index contributed by atoms with van der Waals surface area (Å²) < 4.78 is 10.9. The number of phenolic OH excluding ortho intramolecular Hbond substituents is 2. The van der Waals surface area contributed by atoms with E-state index in [9.17, 15) is 54.0 Å². The van der Waals surface area contributed by atoms with Crippen LogP contribution in [0.4, 0.5) is 5.13 Å². The Morgan fingerprint density at radius 1 is 1.00 bits per heavy atom. The van der Waals surface area contributed by atoms with Crippen LogP contribution < -0.4 is 5.73 Å². The van der Waals surface area contributed by atoms with Gasteiger partial charge in [-0.05, 0) is 25.0 Å². The monoisotopic (exact) mass is 729 g/mol. The van der Waals surface area contributed by atoms with Gasteiger partial charge in [-0.3, -0.25) is 28.9 Å². The maximum Gasteiger partial charge on any atom is 0.372 e. The number of aromatic nitrogens is 1. The molecule has 5 aliphatic heterocycles. The molecule has 7 rings (SSSR count). The van der Waals surface area contributed by atoms with Crippen LogP contribution in [0, 0.1) is 5.92 Å². The van der Waals surface area contributed by atoms with E-state index < -0.39 is 101 Å². The zero-order valence-corrected chi connectivity index (χ0v) is 26.9. The third-order valence-corrected chi connectivity index (χ3v) is 10.1.